The van der Waals surface area contributed by atoms with E-state index in [-0.39, 0.29) is 11.3 Å². The molecule has 2 N–H and O–H groups in total. The van der Waals surface area contributed by atoms with Gasteiger partial charge < -0.3 is 10.3 Å². The van der Waals surface area contributed by atoms with Crippen LogP contribution in [0.2, 0.25) is 0 Å². The van der Waals surface area contributed by atoms with E-state index in [0.717, 1.165) is 11.4 Å². The molecule has 19 heavy (non-hydrogen) atoms. The van der Waals surface area contributed by atoms with E-state index >= 15 is 0 Å². The second kappa shape index (κ2) is 4.88. The lowest BCUT2D eigenvalue weighted by Crippen LogP contribution is -2.14. The Kier molecular flexibility index (Phi) is 3.42. The predicted molar refractivity (Wildman–Crippen MR) is 76.4 cm³/mol. The number of nitrogens with one attached hydrogen (secondary N) is 2. The fraction of sp³-hybridized carbons (Fsp3) is 0.333. The number of anilines is 1. The Balaban J connectivity index is 2.12. The summed E-state index contributed by atoms with van der Waals surface area (Å²) in [6.07, 6.45) is 1.52. The molecule has 2 aromatic rings. The topological polar surface area (TPSA) is 57.8 Å². The van der Waals surface area contributed by atoms with Gasteiger partial charge >= 0.3 is 0 Å². The van der Waals surface area contributed by atoms with Gasteiger partial charge in [0.2, 0.25) is 0 Å². The molecule has 0 fully saturated rings. The number of hydrogen-bond acceptors (Lipinski definition) is 2. The summed E-state index contributed by atoms with van der Waals surface area (Å²) in [5, 5.41) is 2.84. The number of carbonyl (C=O) groups is 1. The first-order valence-corrected chi connectivity index (χ1v) is 6.30. The summed E-state index contributed by atoms with van der Waals surface area (Å²) < 4.78 is 0. The Labute approximate surface area is 113 Å². The predicted octanol–water partition coefficient (Wildman–Crippen LogP) is 3.27. The number of rotatable bonds is 2. The van der Waals surface area contributed by atoms with Crippen molar-refractivity contribution in [1.29, 1.82) is 0 Å². The Morgan fingerprint density at radius 3 is 2.32 bits per heavy atom. The van der Waals surface area contributed by atoms with Gasteiger partial charge in [0.05, 0.1) is 6.33 Å². The molecule has 0 aliphatic heterocycles. The molecular formula is C15H19N3O. The summed E-state index contributed by atoms with van der Waals surface area (Å²) in [5.74, 6) is -0.192. The average Bonchev–Trinajstić information content (AvgIpc) is 2.75. The van der Waals surface area contributed by atoms with Crippen LogP contribution in [0.5, 0.6) is 0 Å². The third-order valence-corrected chi connectivity index (χ3v) is 3.05. The van der Waals surface area contributed by atoms with Crippen LogP contribution in [0.1, 0.15) is 42.5 Å². The Bertz CT molecular complexity index is 576. The zero-order chi connectivity index (χ0) is 14.0. The van der Waals surface area contributed by atoms with Crippen LogP contribution in [-0.4, -0.2) is 15.9 Å². The van der Waals surface area contributed by atoms with Crippen molar-refractivity contribution in [2.45, 2.75) is 33.1 Å². The first-order chi connectivity index (χ1) is 8.88. The van der Waals surface area contributed by atoms with Crippen LogP contribution >= 0.6 is 0 Å². The fourth-order valence-corrected chi connectivity index (χ4v) is 1.83. The maximum absolute atomic E-state index is 12.0. The van der Waals surface area contributed by atoms with Crippen molar-refractivity contribution in [3.05, 3.63) is 47.5 Å². The molecule has 0 spiro atoms. The summed E-state index contributed by atoms with van der Waals surface area (Å²) in [7, 11) is 0. The van der Waals surface area contributed by atoms with Gasteiger partial charge in [-0.3, -0.25) is 4.79 Å². The molecule has 1 aromatic heterocycles. The van der Waals surface area contributed by atoms with Gasteiger partial charge in [0.15, 0.2) is 0 Å². The van der Waals surface area contributed by atoms with E-state index in [1.165, 1.54) is 11.9 Å². The number of carbonyl (C=O) groups excluding carboxylic acids is 1. The smallest absolute Gasteiger partial charge is 0.276 e. The van der Waals surface area contributed by atoms with Crippen molar-refractivity contribution in [1.82, 2.24) is 9.97 Å². The summed E-state index contributed by atoms with van der Waals surface area (Å²) in [6, 6.07) is 7.90. The molecule has 0 aliphatic carbocycles. The van der Waals surface area contributed by atoms with Crippen LogP contribution in [0, 0.1) is 6.92 Å². The van der Waals surface area contributed by atoms with E-state index in [2.05, 4.69) is 36.1 Å². The zero-order valence-corrected chi connectivity index (χ0v) is 11.7. The SMILES string of the molecule is Cc1[nH]cnc1C(=O)Nc1ccc(C(C)(C)C)cc1. The van der Waals surface area contributed by atoms with Crippen LogP contribution in [-0.2, 0) is 5.41 Å². The molecule has 0 atom stereocenters. The molecule has 4 nitrogen and oxygen atoms in total. The van der Waals surface area contributed by atoms with E-state index in [1.54, 1.807) is 0 Å². The van der Waals surface area contributed by atoms with E-state index in [0.29, 0.717) is 5.69 Å². The number of aromatic nitrogens is 2. The van der Waals surface area contributed by atoms with E-state index in [9.17, 15) is 4.79 Å². The molecule has 1 aromatic carbocycles. The summed E-state index contributed by atoms with van der Waals surface area (Å²) in [4.78, 5) is 18.9. The number of H-pyrrole nitrogens is 1. The van der Waals surface area contributed by atoms with Gasteiger partial charge in [-0.25, -0.2) is 4.98 Å². The van der Waals surface area contributed by atoms with Crippen LogP contribution in [0.15, 0.2) is 30.6 Å². The Hall–Kier alpha value is -2.10. The zero-order valence-electron chi connectivity index (χ0n) is 11.7. The van der Waals surface area contributed by atoms with Gasteiger partial charge in [-0.1, -0.05) is 32.9 Å². The van der Waals surface area contributed by atoms with E-state index < -0.39 is 0 Å². The summed E-state index contributed by atoms with van der Waals surface area (Å²) >= 11 is 0. The third-order valence-electron chi connectivity index (χ3n) is 3.05. The molecule has 0 unspecified atom stereocenters. The van der Waals surface area contributed by atoms with Gasteiger partial charge in [-0.15, -0.1) is 0 Å². The molecule has 100 valence electrons. The number of hydrogen-bond donors (Lipinski definition) is 2. The van der Waals surface area contributed by atoms with Gasteiger partial charge in [0.25, 0.3) is 5.91 Å². The van der Waals surface area contributed by atoms with E-state index in [4.69, 9.17) is 0 Å². The van der Waals surface area contributed by atoms with Crippen molar-refractivity contribution in [2.24, 2.45) is 0 Å². The lowest BCUT2D eigenvalue weighted by atomic mass is 9.87. The standard InChI is InChI=1S/C15H19N3O/c1-10-13(17-9-16-10)14(19)18-12-7-5-11(6-8-12)15(2,3)4/h5-9H,1-4H3,(H,16,17)(H,18,19). The monoisotopic (exact) mass is 257 g/mol. The minimum absolute atomic E-state index is 0.112. The lowest BCUT2D eigenvalue weighted by Gasteiger charge is -2.19. The normalized spacial score (nSPS) is 11.4. The molecule has 2 rings (SSSR count). The molecule has 1 heterocycles. The third kappa shape index (κ3) is 3.02. The van der Waals surface area contributed by atoms with Crippen LogP contribution in [0.25, 0.3) is 0 Å². The van der Waals surface area contributed by atoms with Crippen molar-refractivity contribution < 1.29 is 4.79 Å². The maximum Gasteiger partial charge on any atom is 0.276 e. The molecule has 0 saturated heterocycles. The van der Waals surface area contributed by atoms with Crippen LogP contribution in [0.4, 0.5) is 5.69 Å². The van der Waals surface area contributed by atoms with Gasteiger partial charge in [-0.2, -0.15) is 0 Å². The highest BCUT2D eigenvalue weighted by atomic mass is 16.1. The second-order valence-corrected chi connectivity index (χ2v) is 5.66. The van der Waals surface area contributed by atoms with Crippen molar-refractivity contribution >= 4 is 11.6 Å². The Morgan fingerprint density at radius 1 is 1.21 bits per heavy atom. The quantitative estimate of drug-likeness (QED) is 0.867. The largest absolute Gasteiger partial charge is 0.348 e. The van der Waals surface area contributed by atoms with Gasteiger partial charge in [0.1, 0.15) is 5.69 Å². The van der Waals surface area contributed by atoms with Crippen LogP contribution < -0.4 is 5.32 Å². The first kappa shape index (κ1) is 13.3. The number of aromatic amines is 1. The van der Waals surface area contributed by atoms with Crippen molar-refractivity contribution in [2.75, 3.05) is 5.32 Å². The molecule has 0 bridgehead atoms. The molecule has 0 radical (unpaired) electrons. The van der Waals surface area contributed by atoms with E-state index in [1.807, 2.05) is 31.2 Å². The number of aryl methyl sites for hydroxylation is 1. The number of amides is 1. The molecular weight excluding hydrogens is 238 g/mol. The minimum atomic E-state index is -0.192. The average molecular weight is 257 g/mol. The number of nitrogens with zero attached hydrogens (tertiary/aromatic N) is 1. The molecule has 1 amide bonds. The highest BCUT2D eigenvalue weighted by molar-refractivity contribution is 6.03. The number of imidazole rings is 1. The maximum atomic E-state index is 12.0. The van der Waals surface area contributed by atoms with Crippen molar-refractivity contribution in [3.8, 4) is 0 Å². The lowest BCUT2D eigenvalue weighted by molar-refractivity contribution is 0.102. The first-order valence-electron chi connectivity index (χ1n) is 6.30. The fourth-order valence-electron chi connectivity index (χ4n) is 1.83. The van der Waals surface area contributed by atoms with Gasteiger partial charge in [-0.05, 0) is 30.0 Å². The Morgan fingerprint density at radius 2 is 1.84 bits per heavy atom. The van der Waals surface area contributed by atoms with Crippen LogP contribution in [0.3, 0.4) is 0 Å². The minimum Gasteiger partial charge on any atom is -0.348 e. The number of benzene rings is 1. The summed E-state index contributed by atoms with van der Waals surface area (Å²) in [6.45, 7) is 8.31. The van der Waals surface area contributed by atoms with Crippen molar-refractivity contribution in [3.63, 3.8) is 0 Å². The van der Waals surface area contributed by atoms with Gasteiger partial charge in [0, 0.05) is 11.4 Å². The highest BCUT2D eigenvalue weighted by Crippen LogP contribution is 2.23. The summed E-state index contributed by atoms with van der Waals surface area (Å²) in [5.41, 5.74) is 3.33. The highest BCUT2D eigenvalue weighted by Gasteiger charge is 2.14. The second-order valence-electron chi connectivity index (χ2n) is 5.66. The molecule has 0 saturated carbocycles. The molecule has 4 heteroatoms. The molecule has 0 aliphatic rings.